The highest BCUT2D eigenvalue weighted by atomic mass is 16.7. The summed E-state index contributed by atoms with van der Waals surface area (Å²) in [5, 5.41) is 0. The second kappa shape index (κ2) is 5.46. The van der Waals surface area contributed by atoms with Gasteiger partial charge >= 0.3 is 11.9 Å². The first-order chi connectivity index (χ1) is 9.41. The lowest BCUT2D eigenvalue weighted by molar-refractivity contribution is -0.222. The number of cyclic esters (lactones) is 2. The smallest absolute Gasteiger partial charge is 0.348 e. The molecule has 1 aromatic rings. The second-order valence-corrected chi connectivity index (χ2v) is 4.91. The lowest BCUT2D eigenvalue weighted by Gasteiger charge is -2.29. The van der Waals surface area contributed by atoms with E-state index in [9.17, 15) is 9.59 Å². The molecule has 20 heavy (non-hydrogen) atoms. The minimum Gasteiger partial charge on any atom is -0.419 e. The van der Waals surface area contributed by atoms with Crippen molar-refractivity contribution in [3.05, 3.63) is 41.0 Å². The molecule has 5 nitrogen and oxygen atoms in total. The number of hydrogen-bond donors (Lipinski definition) is 0. The molecule has 0 saturated carbocycles. The Morgan fingerprint density at radius 1 is 1.10 bits per heavy atom. The first-order valence-electron chi connectivity index (χ1n) is 6.17. The maximum Gasteiger partial charge on any atom is 0.348 e. The minimum absolute atomic E-state index is 0.108. The zero-order chi connectivity index (χ0) is 14.8. The number of rotatable bonds is 3. The Hall–Kier alpha value is -2.14. The topological polar surface area (TPSA) is 61.8 Å². The average Bonchev–Trinajstić information content (AvgIpc) is 2.35. The summed E-state index contributed by atoms with van der Waals surface area (Å²) >= 11 is 0. The molecule has 2 rings (SSSR count). The third-order valence-electron chi connectivity index (χ3n) is 2.72. The van der Waals surface area contributed by atoms with Gasteiger partial charge in [0.25, 0.3) is 5.79 Å². The van der Waals surface area contributed by atoms with Crippen LogP contribution in [-0.2, 0) is 30.4 Å². The van der Waals surface area contributed by atoms with Crippen molar-refractivity contribution < 1.29 is 23.8 Å². The Morgan fingerprint density at radius 3 is 2.15 bits per heavy atom. The molecule has 0 amide bonds. The number of hydrogen-bond acceptors (Lipinski definition) is 5. The molecular weight excluding hydrogens is 260 g/mol. The highest BCUT2D eigenvalue weighted by molar-refractivity contribution is 6.18. The van der Waals surface area contributed by atoms with Crippen molar-refractivity contribution in [2.45, 2.75) is 26.2 Å². The van der Waals surface area contributed by atoms with Gasteiger partial charge in [-0.05, 0) is 17.2 Å². The van der Waals surface area contributed by atoms with Crippen molar-refractivity contribution in [1.29, 1.82) is 0 Å². The van der Waals surface area contributed by atoms with E-state index in [1.807, 2.05) is 12.1 Å². The van der Waals surface area contributed by atoms with Gasteiger partial charge in [-0.2, -0.15) is 0 Å². The zero-order valence-electron chi connectivity index (χ0n) is 11.6. The third kappa shape index (κ3) is 3.24. The summed E-state index contributed by atoms with van der Waals surface area (Å²) in [5.74, 6) is -2.56. The fourth-order valence-electron chi connectivity index (χ4n) is 1.82. The molecule has 1 aliphatic rings. The van der Waals surface area contributed by atoms with E-state index in [0.29, 0.717) is 12.2 Å². The maximum atomic E-state index is 11.8. The quantitative estimate of drug-likeness (QED) is 0.480. The van der Waals surface area contributed by atoms with Crippen LogP contribution in [0.1, 0.15) is 25.0 Å². The molecule has 1 heterocycles. The summed E-state index contributed by atoms with van der Waals surface area (Å²) in [5.41, 5.74) is 1.61. The average molecular weight is 276 g/mol. The van der Waals surface area contributed by atoms with Crippen molar-refractivity contribution in [2.75, 3.05) is 7.11 Å². The van der Waals surface area contributed by atoms with Gasteiger partial charge in [0.2, 0.25) is 0 Å². The number of ether oxygens (including phenoxy) is 3. The van der Waals surface area contributed by atoms with Gasteiger partial charge in [0.05, 0.1) is 6.61 Å². The van der Waals surface area contributed by atoms with Crippen molar-refractivity contribution >= 4 is 18.0 Å². The Kier molecular flexibility index (Phi) is 3.90. The van der Waals surface area contributed by atoms with Crippen LogP contribution in [0.15, 0.2) is 29.8 Å². The van der Waals surface area contributed by atoms with Crippen molar-refractivity contribution in [1.82, 2.24) is 0 Å². The van der Waals surface area contributed by atoms with Gasteiger partial charge in [-0.1, -0.05) is 24.3 Å². The van der Waals surface area contributed by atoms with E-state index in [1.54, 1.807) is 19.2 Å². The van der Waals surface area contributed by atoms with E-state index >= 15 is 0 Å². The molecule has 0 N–H and O–H groups in total. The van der Waals surface area contributed by atoms with E-state index in [4.69, 9.17) is 14.2 Å². The molecule has 5 heteroatoms. The normalized spacial score (nSPS) is 17.4. The van der Waals surface area contributed by atoms with Crippen LogP contribution < -0.4 is 0 Å². The van der Waals surface area contributed by atoms with Crippen molar-refractivity contribution in [3.63, 3.8) is 0 Å². The first-order valence-corrected chi connectivity index (χ1v) is 6.17. The maximum absolute atomic E-state index is 11.8. The van der Waals surface area contributed by atoms with E-state index < -0.39 is 17.7 Å². The molecule has 0 spiro atoms. The van der Waals surface area contributed by atoms with Crippen molar-refractivity contribution in [3.8, 4) is 0 Å². The highest BCUT2D eigenvalue weighted by Gasteiger charge is 2.38. The fraction of sp³-hybridized carbons (Fsp3) is 0.333. The molecule has 0 radical (unpaired) electrons. The Morgan fingerprint density at radius 2 is 1.65 bits per heavy atom. The fourth-order valence-corrected chi connectivity index (χ4v) is 1.82. The number of carbonyl (C=O) groups is 2. The SMILES string of the molecule is COCc1ccc(C=C2C(=O)OC(C)(C)OC2=O)cc1. The predicted molar refractivity (Wildman–Crippen MR) is 71.4 cm³/mol. The molecule has 0 unspecified atom stereocenters. The van der Waals surface area contributed by atoms with Gasteiger partial charge in [0, 0.05) is 21.0 Å². The molecule has 1 saturated heterocycles. The summed E-state index contributed by atoms with van der Waals surface area (Å²) in [4.78, 5) is 23.6. The third-order valence-corrected chi connectivity index (χ3v) is 2.72. The van der Waals surface area contributed by atoms with Gasteiger partial charge in [-0.25, -0.2) is 9.59 Å². The number of esters is 2. The number of carbonyl (C=O) groups excluding carboxylic acids is 2. The van der Waals surface area contributed by atoms with Crippen LogP contribution in [0.25, 0.3) is 6.08 Å². The molecule has 0 bridgehead atoms. The minimum atomic E-state index is -1.21. The second-order valence-electron chi connectivity index (χ2n) is 4.91. The van der Waals surface area contributed by atoms with Crippen LogP contribution in [0, 0.1) is 0 Å². The monoisotopic (exact) mass is 276 g/mol. The number of methoxy groups -OCH3 is 1. The lowest BCUT2D eigenvalue weighted by atomic mass is 10.1. The van der Waals surface area contributed by atoms with E-state index in [2.05, 4.69) is 0 Å². The van der Waals surface area contributed by atoms with Crippen molar-refractivity contribution in [2.24, 2.45) is 0 Å². The summed E-state index contributed by atoms with van der Waals surface area (Å²) in [6.07, 6.45) is 1.45. The number of benzene rings is 1. The molecule has 0 aromatic heterocycles. The first kappa shape index (κ1) is 14.3. The highest BCUT2D eigenvalue weighted by Crippen LogP contribution is 2.24. The molecule has 106 valence electrons. The standard InChI is InChI=1S/C15H16O5/c1-15(2)19-13(16)12(14(17)20-15)8-10-4-6-11(7-5-10)9-18-3/h4-8H,9H2,1-3H3. The van der Waals surface area contributed by atoms with Gasteiger partial charge in [0.1, 0.15) is 5.57 Å². The van der Waals surface area contributed by atoms with Gasteiger partial charge in [-0.15, -0.1) is 0 Å². The summed E-state index contributed by atoms with van der Waals surface area (Å²) in [6.45, 7) is 3.54. The lowest BCUT2D eigenvalue weighted by Crippen LogP contribution is -2.41. The van der Waals surface area contributed by atoms with E-state index in [0.717, 1.165) is 5.56 Å². The van der Waals surface area contributed by atoms with Crippen LogP contribution in [0.2, 0.25) is 0 Å². The summed E-state index contributed by atoms with van der Waals surface area (Å²) < 4.78 is 15.1. The Balaban J connectivity index is 2.22. The largest absolute Gasteiger partial charge is 0.419 e. The molecule has 1 aromatic carbocycles. The molecule has 0 atom stereocenters. The summed E-state index contributed by atoms with van der Waals surface area (Å²) in [6, 6.07) is 7.31. The predicted octanol–water partition coefficient (Wildman–Crippen LogP) is 2.05. The van der Waals surface area contributed by atoms with Crippen LogP contribution in [-0.4, -0.2) is 24.8 Å². The van der Waals surface area contributed by atoms with Crippen LogP contribution in [0.4, 0.5) is 0 Å². The van der Waals surface area contributed by atoms with Crippen LogP contribution in [0.3, 0.4) is 0 Å². The Labute approximate surface area is 117 Å². The zero-order valence-corrected chi connectivity index (χ0v) is 11.6. The van der Waals surface area contributed by atoms with Gasteiger partial charge in [-0.3, -0.25) is 0 Å². The van der Waals surface area contributed by atoms with E-state index in [-0.39, 0.29) is 5.57 Å². The van der Waals surface area contributed by atoms with Crippen LogP contribution in [0.5, 0.6) is 0 Å². The molecular formula is C15H16O5. The molecule has 1 fully saturated rings. The Bertz CT molecular complexity index is 532. The molecule has 0 aliphatic carbocycles. The van der Waals surface area contributed by atoms with Gasteiger partial charge in [0.15, 0.2) is 0 Å². The summed E-state index contributed by atoms with van der Waals surface area (Å²) in [7, 11) is 1.62. The van der Waals surface area contributed by atoms with Gasteiger partial charge < -0.3 is 14.2 Å². The molecule has 1 aliphatic heterocycles. The van der Waals surface area contributed by atoms with Crippen LogP contribution >= 0.6 is 0 Å². The van der Waals surface area contributed by atoms with E-state index in [1.165, 1.54) is 19.9 Å².